The first-order valence-corrected chi connectivity index (χ1v) is 11.9. The second-order valence-electron chi connectivity index (χ2n) is 8.04. The maximum Gasteiger partial charge on any atom is 0.217 e. The lowest BCUT2D eigenvalue weighted by Crippen LogP contribution is -2.37. The van der Waals surface area contributed by atoms with Crippen molar-refractivity contribution in [1.82, 2.24) is 10.0 Å². The normalized spacial score (nSPS) is 14.8. The van der Waals surface area contributed by atoms with Crippen molar-refractivity contribution in [2.24, 2.45) is 0 Å². The van der Waals surface area contributed by atoms with Gasteiger partial charge in [-0.05, 0) is 58.1 Å². The van der Waals surface area contributed by atoms with Gasteiger partial charge in [0.15, 0.2) is 0 Å². The quantitative estimate of drug-likeness (QED) is 0.299. The summed E-state index contributed by atoms with van der Waals surface area (Å²) in [5.41, 5.74) is -0.407. The van der Waals surface area contributed by atoms with E-state index in [0.717, 1.165) is 32.2 Å². The molecule has 0 amide bonds. The Labute approximate surface area is 170 Å². The second-order valence-corrected chi connectivity index (χ2v) is 9.80. The maximum absolute atomic E-state index is 13.4. The molecule has 0 saturated heterocycles. The molecule has 1 aromatic rings. The van der Waals surface area contributed by atoms with Gasteiger partial charge >= 0.3 is 0 Å². The van der Waals surface area contributed by atoms with Gasteiger partial charge < -0.3 is 10.4 Å². The molecular weight excluding hydrogens is 379 g/mol. The molecule has 1 rings (SSSR count). The third-order valence-corrected chi connectivity index (χ3v) is 6.02. The highest BCUT2D eigenvalue weighted by molar-refractivity contribution is 7.88. The molecule has 0 aliphatic rings. The molecular formula is C21H37FN2O3S. The van der Waals surface area contributed by atoms with Crippen LogP contribution in [-0.2, 0) is 15.8 Å². The Morgan fingerprint density at radius 3 is 2.39 bits per heavy atom. The molecule has 0 saturated carbocycles. The zero-order valence-corrected chi connectivity index (χ0v) is 18.3. The molecule has 1 aromatic carbocycles. The van der Waals surface area contributed by atoms with E-state index in [0.29, 0.717) is 24.8 Å². The van der Waals surface area contributed by atoms with Gasteiger partial charge in [0, 0.05) is 6.04 Å². The van der Waals surface area contributed by atoms with Crippen LogP contribution in [0.5, 0.6) is 0 Å². The molecule has 0 radical (unpaired) electrons. The van der Waals surface area contributed by atoms with E-state index in [9.17, 15) is 17.9 Å². The number of nitrogens with one attached hydrogen (secondary N) is 2. The Morgan fingerprint density at radius 1 is 1.11 bits per heavy atom. The van der Waals surface area contributed by atoms with Crippen molar-refractivity contribution in [3.8, 4) is 0 Å². The van der Waals surface area contributed by atoms with E-state index in [1.54, 1.807) is 38.1 Å². The molecule has 2 unspecified atom stereocenters. The highest BCUT2D eigenvalue weighted by atomic mass is 32.2. The van der Waals surface area contributed by atoms with Crippen LogP contribution in [0, 0.1) is 0 Å². The van der Waals surface area contributed by atoms with Gasteiger partial charge in [-0.15, -0.1) is 0 Å². The van der Waals surface area contributed by atoms with Gasteiger partial charge in [-0.2, -0.15) is 4.72 Å². The van der Waals surface area contributed by atoms with Crippen LogP contribution >= 0.6 is 0 Å². The van der Waals surface area contributed by atoms with E-state index in [1.807, 2.05) is 6.07 Å². The Hall–Kier alpha value is -1.02. The number of unbranched alkanes of at least 4 members (excludes halogenated alkanes) is 2. The molecule has 0 heterocycles. The summed E-state index contributed by atoms with van der Waals surface area (Å²) in [6, 6.07) is 9.13. The standard InChI is InChI=1S/C21H37FN2O3S/c1-4-19(23-16-10-6-9-15-21(2,3)22)13-14-20(25)24-28(26,27)17-18-11-7-5-8-12-18/h5,7-8,11-12,19-20,23-25H,4,6,9-10,13-17H2,1-3H3. The summed E-state index contributed by atoms with van der Waals surface area (Å²) in [5, 5.41) is 13.5. The van der Waals surface area contributed by atoms with Crippen molar-refractivity contribution in [1.29, 1.82) is 0 Å². The fourth-order valence-corrected chi connectivity index (χ4v) is 4.31. The minimum Gasteiger partial charge on any atom is -0.378 e. The number of halogens is 1. The topological polar surface area (TPSA) is 78.4 Å². The Morgan fingerprint density at radius 2 is 1.79 bits per heavy atom. The van der Waals surface area contributed by atoms with E-state index in [2.05, 4.69) is 17.0 Å². The van der Waals surface area contributed by atoms with E-state index in [4.69, 9.17) is 0 Å². The molecule has 0 bridgehead atoms. The molecule has 3 N–H and O–H groups in total. The zero-order valence-electron chi connectivity index (χ0n) is 17.5. The first kappa shape index (κ1) is 25.0. The summed E-state index contributed by atoms with van der Waals surface area (Å²) in [4.78, 5) is 0. The summed E-state index contributed by atoms with van der Waals surface area (Å²) in [7, 11) is -3.58. The van der Waals surface area contributed by atoms with Gasteiger partial charge in [-0.25, -0.2) is 12.8 Å². The van der Waals surface area contributed by atoms with E-state index < -0.39 is 21.9 Å². The van der Waals surface area contributed by atoms with Gasteiger partial charge in [0.2, 0.25) is 10.0 Å². The summed E-state index contributed by atoms with van der Waals surface area (Å²) < 4.78 is 40.1. The predicted molar refractivity (Wildman–Crippen MR) is 113 cm³/mol. The van der Waals surface area contributed by atoms with Gasteiger partial charge in [-0.3, -0.25) is 0 Å². The molecule has 0 spiro atoms. The highest BCUT2D eigenvalue weighted by Gasteiger charge is 2.18. The lowest BCUT2D eigenvalue weighted by atomic mass is 10.0. The van der Waals surface area contributed by atoms with Crippen LogP contribution in [0.4, 0.5) is 4.39 Å². The van der Waals surface area contributed by atoms with Crippen LogP contribution in [-0.4, -0.2) is 38.0 Å². The number of aliphatic hydroxyl groups is 1. The van der Waals surface area contributed by atoms with Crippen LogP contribution < -0.4 is 10.0 Å². The molecule has 0 fully saturated rings. The lowest BCUT2D eigenvalue weighted by molar-refractivity contribution is 0.145. The largest absolute Gasteiger partial charge is 0.378 e. The SMILES string of the molecule is CCC(CCC(O)NS(=O)(=O)Cc1ccccc1)NCCCCCC(C)(C)F. The van der Waals surface area contributed by atoms with Gasteiger partial charge in [0.25, 0.3) is 0 Å². The van der Waals surface area contributed by atoms with Crippen molar-refractivity contribution in [2.75, 3.05) is 6.54 Å². The Bertz CT molecular complexity index is 633. The number of hydrogen-bond donors (Lipinski definition) is 3. The Kier molecular flexibility index (Phi) is 11.2. The van der Waals surface area contributed by atoms with Crippen molar-refractivity contribution >= 4 is 10.0 Å². The number of aliphatic hydroxyl groups excluding tert-OH is 1. The van der Waals surface area contributed by atoms with Crippen molar-refractivity contribution < 1.29 is 17.9 Å². The lowest BCUT2D eigenvalue weighted by Gasteiger charge is -2.20. The molecule has 7 heteroatoms. The average molecular weight is 417 g/mol. The summed E-state index contributed by atoms with van der Waals surface area (Å²) in [5.74, 6) is -0.143. The molecule has 28 heavy (non-hydrogen) atoms. The van der Waals surface area contributed by atoms with Gasteiger partial charge in [-0.1, -0.05) is 50.1 Å². The Balaban J connectivity index is 2.24. The van der Waals surface area contributed by atoms with Crippen molar-refractivity contribution in [3.05, 3.63) is 35.9 Å². The molecule has 0 aliphatic heterocycles. The van der Waals surface area contributed by atoms with Gasteiger partial charge in [0.1, 0.15) is 11.9 Å². The highest BCUT2D eigenvalue weighted by Crippen LogP contribution is 2.17. The monoisotopic (exact) mass is 416 g/mol. The number of alkyl halides is 1. The van der Waals surface area contributed by atoms with E-state index in [1.165, 1.54) is 0 Å². The van der Waals surface area contributed by atoms with E-state index in [-0.39, 0.29) is 11.8 Å². The molecule has 5 nitrogen and oxygen atoms in total. The number of benzene rings is 1. The second kappa shape index (κ2) is 12.5. The van der Waals surface area contributed by atoms with Crippen LogP contribution in [0.15, 0.2) is 30.3 Å². The molecule has 0 aromatic heterocycles. The van der Waals surface area contributed by atoms with Crippen LogP contribution in [0.1, 0.15) is 71.3 Å². The smallest absolute Gasteiger partial charge is 0.217 e. The van der Waals surface area contributed by atoms with Crippen molar-refractivity contribution in [2.45, 2.75) is 89.4 Å². The predicted octanol–water partition coefficient (Wildman–Crippen LogP) is 3.88. The minimum atomic E-state index is -3.58. The number of sulfonamides is 1. The maximum atomic E-state index is 13.4. The third kappa shape index (κ3) is 12.4. The van der Waals surface area contributed by atoms with Crippen LogP contribution in [0.3, 0.4) is 0 Å². The van der Waals surface area contributed by atoms with Gasteiger partial charge in [0.05, 0.1) is 5.75 Å². The average Bonchev–Trinajstić information content (AvgIpc) is 2.59. The first-order valence-electron chi connectivity index (χ1n) is 10.3. The van der Waals surface area contributed by atoms with Crippen LogP contribution in [0.2, 0.25) is 0 Å². The molecule has 2 atom stereocenters. The first-order chi connectivity index (χ1) is 13.1. The molecule has 0 aliphatic carbocycles. The fraction of sp³-hybridized carbons (Fsp3) is 0.714. The summed E-state index contributed by atoms with van der Waals surface area (Å²) >= 11 is 0. The molecule has 162 valence electrons. The number of hydrogen-bond acceptors (Lipinski definition) is 4. The van der Waals surface area contributed by atoms with E-state index >= 15 is 0 Å². The summed E-state index contributed by atoms with van der Waals surface area (Å²) in [6.45, 7) is 6.13. The van der Waals surface area contributed by atoms with Crippen LogP contribution in [0.25, 0.3) is 0 Å². The number of rotatable bonds is 15. The zero-order chi connectivity index (χ0) is 21.0. The summed E-state index contributed by atoms with van der Waals surface area (Å²) in [6.07, 6.45) is 4.29. The fourth-order valence-electron chi connectivity index (χ4n) is 3.06. The third-order valence-electron chi connectivity index (χ3n) is 4.68. The minimum absolute atomic E-state index is 0.143. The van der Waals surface area contributed by atoms with Crippen molar-refractivity contribution in [3.63, 3.8) is 0 Å².